The van der Waals surface area contributed by atoms with Crippen molar-refractivity contribution in [3.63, 3.8) is 0 Å². The first kappa shape index (κ1) is 22.1. The number of aryl methyl sites for hydroxylation is 2. The third-order valence-electron chi connectivity index (χ3n) is 5.66. The number of hydrogen-bond acceptors (Lipinski definition) is 6. The van der Waals surface area contributed by atoms with Crippen LogP contribution in [0.2, 0.25) is 0 Å². The van der Waals surface area contributed by atoms with Crippen LogP contribution in [0.15, 0.2) is 20.8 Å². The van der Waals surface area contributed by atoms with Crippen LogP contribution in [0.4, 0.5) is 10.5 Å². The van der Waals surface area contributed by atoms with Gasteiger partial charge in [0.1, 0.15) is 30.3 Å². The molecule has 1 atom stereocenters. The monoisotopic (exact) mass is 461 g/mol. The van der Waals surface area contributed by atoms with Crippen LogP contribution >= 0.6 is 11.3 Å². The predicted octanol–water partition coefficient (Wildman–Crippen LogP) is 4.00. The summed E-state index contributed by atoms with van der Waals surface area (Å²) in [6.45, 7) is 4.47. The molecule has 0 fully saturated rings. The van der Waals surface area contributed by atoms with Crippen LogP contribution < -0.4 is 5.32 Å². The number of ketones is 1. The van der Waals surface area contributed by atoms with E-state index >= 15 is 0 Å². The molecule has 2 aromatic rings. The Kier molecular flexibility index (Phi) is 5.78. The number of hydrogen-bond donors (Lipinski definition) is 2. The van der Waals surface area contributed by atoms with Gasteiger partial charge in [0.2, 0.25) is 0 Å². The van der Waals surface area contributed by atoms with E-state index in [0.29, 0.717) is 5.01 Å². The molecule has 0 radical (unpaired) electrons. The first-order valence-electron chi connectivity index (χ1n) is 10.5. The number of amides is 2. The highest BCUT2D eigenvalue weighted by molar-refractivity contribution is 7.96. The maximum absolute atomic E-state index is 13.6. The number of nitrogens with one attached hydrogen (secondary N) is 1. The molecule has 1 heterocycles. The molecule has 31 heavy (non-hydrogen) atoms. The number of anilines is 1. The lowest BCUT2D eigenvalue weighted by Gasteiger charge is -2.15. The Balaban J connectivity index is 1.72. The van der Waals surface area contributed by atoms with E-state index < -0.39 is 21.4 Å². The molecule has 166 valence electrons. The second kappa shape index (κ2) is 8.11. The number of nitrogens with zero attached hydrogens (tertiary/aromatic N) is 2. The molecule has 1 aromatic carbocycles. The van der Waals surface area contributed by atoms with Crippen LogP contribution in [0.25, 0.3) is 0 Å². The molecule has 2 N–H and O–H groups in total. The minimum atomic E-state index is -3.35. The highest BCUT2D eigenvalue weighted by atomic mass is 32.2. The smallest absolute Gasteiger partial charge is 0.353 e. The summed E-state index contributed by atoms with van der Waals surface area (Å²) < 4.78 is 17.9. The molecule has 1 aromatic heterocycles. The van der Waals surface area contributed by atoms with Crippen molar-refractivity contribution in [3.05, 3.63) is 39.5 Å². The number of rotatable bonds is 5. The van der Waals surface area contributed by atoms with Crippen LogP contribution in [0, 0.1) is 0 Å². The molecule has 7 nitrogen and oxygen atoms in total. The summed E-state index contributed by atoms with van der Waals surface area (Å²) in [7, 11) is -3.35. The molecule has 2 aliphatic rings. The minimum absolute atomic E-state index is 0.221. The molecule has 0 bridgehead atoms. The molecule has 4 rings (SSSR count). The van der Waals surface area contributed by atoms with E-state index in [1.165, 1.54) is 24.2 Å². The molecule has 2 amide bonds. The number of benzene rings is 1. The van der Waals surface area contributed by atoms with Gasteiger partial charge in [-0.05, 0) is 81.5 Å². The molecule has 1 unspecified atom stereocenters. The van der Waals surface area contributed by atoms with Gasteiger partial charge in [0.05, 0.1) is 11.9 Å². The van der Waals surface area contributed by atoms with E-state index in [1.54, 1.807) is 13.8 Å². The van der Waals surface area contributed by atoms with E-state index in [2.05, 4.69) is 20.7 Å². The van der Waals surface area contributed by atoms with Crippen molar-refractivity contribution in [2.45, 2.75) is 69.1 Å². The molecule has 0 spiro atoms. The molecular formula is C22H27N3O4S2. The van der Waals surface area contributed by atoms with Crippen LogP contribution in [0.5, 0.6) is 0 Å². The van der Waals surface area contributed by atoms with Gasteiger partial charge in [-0.2, -0.15) is 0 Å². The number of thiazole rings is 1. The molecule has 2 aliphatic carbocycles. The van der Waals surface area contributed by atoms with Crippen molar-refractivity contribution in [2.75, 3.05) is 11.1 Å². The fourth-order valence-corrected chi connectivity index (χ4v) is 7.42. The Bertz CT molecular complexity index is 1150. The van der Waals surface area contributed by atoms with Gasteiger partial charge in [-0.15, -0.1) is 15.7 Å². The topological polar surface area (TPSA) is 109 Å². The first-order valence-corrected chi connectivity index (χ1v) is 13.0. The van der Waals surface area contributed by atoms with Crippen molar-refractivity contribution in [2.24, 2.45) is 4.36 Å². The largest absolute Gasteiger partial charge is 0.383 e. The SMILES string of the molecule is CC(=O)CS(=O)(=NC(=O)Nc1c2c(cc3c1CCC3)CCC2)c1cnc(C(C)(C)O)s1. The second-order valence-electron chi connectivity index (χ2n) is 8.79. The van der Waals surface area contributed by atoms with Gasteiger partial charge in [-0.25, -0.2) is 14.0 Å². The zero-order valence-corrected chi connectivity index (χ0v) is 19.6. The third kappa shape index (κ3) is 4.44. The van der Waals surface area contributed by atoms with Crippen molar-refractivity contribution in [1.29, 1.82) is 0 Å². The zero-order valence-electron chi connectivity index (χ0n) is 18.0. The van der Waals surface area contributed by atoms with E-state index in [1.807, 2.05) is 0 Å². The number of carbonyl (C=O) groups excluding carboxylic acids is 2. The Labute approximate surface area is 186 Å². The lowest BCUT2D eigenvalue weighted by molar-refractivity contribution is -0.114. The normalized spacial score (nSPS) is 17.0. The number of Topliss-reactive ketones (excluding diaryl/α,β-unsaturated/α-hetero) is 1. The van der Waals surface area contributed by atoms with Crippen molar-refractivity contribution < 1.29 is 18.9 Å². The molecule has 0 saturated heterocycles. The van der Waals surface area contributed by atoms with Crippen LogP contribution in [-0.4, -0.2) is 31.9 Å². The maximum Gasteiger partial charge on any atom is 0.353 e. The Hall–Kier alpha value is -2.10. The van der Waals surface area contributed by atoms with Crippen molar-refractivity contribution in [3.8, 4) is 0 Å². The van der Waals surface area contributed by atoms with Gasteiger partial charge in [-0.1, -0.05) is 6.07 Å². The van der Waals surface area contributed by atoms with Gasteiger partial charge in [0.15, 0.2) is 0 Å². The predicted molar refractivity (Wildman–Crippen MR) is 121 cm³/mol. The number of urea groups is 1. The summed E-state index contributed by atoms with van der Waals surface area (Å²) in [4.78, 5) is 28.9. The van der Waals surface area contributed by atoms with E-state index in [9.17, 15) is 18.9 Å². The average molecular weight is 462 g/mol. The van der Waals surface area contributed by atoms with Gasteiger partial charge in [-0.3, -0.25) is 4.79 Å². The molecule has 9 heteroatoms. The van der Waals surface area contributed by atoms with Gasteiger partial charge in [0, 0.05) is 5.69 Å². The minimum Gasteiger partial charge on any atom is -0.383 e. The Morgan fingerprint density at radius 1 is 1.19 bits per heavy atom. The number of fused-ring (bicyclic) bond motifs is 2. The third-order valence-corrected chi connectivity index (χ3v) is 9.79. The average Bonchev–Trinajstić information content (AvgIpc) is 3.40. The fraction of sp³-hybridized carbons (Fsp3) is 0.500. The van der Waals surface area contributed by atoms with Crippen LogP contribution in [-0.2, 0) is 45.8 Å². The Morgan fingerprint density at radius 2 is 1.81 bits per heavy atom. The maximum atomic E-state index is 13.6. The zero-order chi connectivity index (χ0) is 22.4. The van der Waals surface area contributed by atoms with E-state index in [-0.39, 0.29) is 15.7 Å². The van der Waals surface area contributed by atoms with Crippen molar-refractivity contribution >= 4 is 38.6 Å². The molecule has 0 aliphatic heterocycles. The molecule has 0 saturated carbocycles. The lowest BCUT2D eigenvalue weighted by Crippen LogP contribution is -2.18. The quantitative estimate of drug-likeness (QED) is 0.700. The van der Waals surface area contributed by atoms with Crippen LogP contribution in [0.3, 0.4) is 0 Å². The summed E-state index contributed by atoms with van der Waals surface area (Å²) in [5.41, 5.74) is 4.47. The van der Waals surface area contributed by atoms with E-state index in [4.69, 9.17) is 0 Å². The summed E-state index contributed by atoms with van der Waals surface area (Å²) in [6, 6.07) is 1.56. The van der Waals surface area contributed by atoms with Gasteiger partial charge in [0.25, 0.3) is 0 Å². The second-order valence-corrected chi connectivity index (χ2v) is 12.3. The Morgan fingerprint density at radius 3 is 2.32 bits per heavy atom. The number of aliphatic hydroxyl groups is 1. The fourth-order valence-electron chi connectivity index (χ4n) is 4.34. The summed E-state index contributed by atoms with van der Waals surface area (Å²) in [6.07, 6.45) is 7.28. The summed E-state index contributed by atoms with van der Waals surface area (Å²) in [5, 5.41) is 13.5. The highest BCUT2D eigenvalue weighted by Gasteiger charge is 2.28. The van der Waals surface area contributed by atoms with Crippen LogP contribution in [0.1, 0.15) is 60.9 Å². The first-order chi connectivity index (χ1) is 14.6. The highest BCUT2D eigenvalue weighted by Crippen LogP contribution is 2.39. The van der Waals surface area contributed by atoms with Gasteiger partial charge >= 0.3 is 6.03 Å². The van der Waals surface area contributed by atoms with E-state index in [0.717, 1.165) is 66.7 Å². The number of aromatic nitrogens is 1. The van der Waals surface area contributed by atoms with Crippen molar-refractivity contribution in [1.82, 2.24) is 4.98 Å². The number of carbonyl (C=O) groups is 2. The standard InChI is InChI=1S/C22H27N3O4S2/c1-13(26)12-31(29,18-11-23-20(30-18)22(2,3)28)25-21(27)24-19-16-8-4-6-14(16)10-15-7-5-9-17(15)19/h10-11,28H,4-9,12H2,1-3H3,(H,24,27). The summed E-state index contributed by atoms with van der Waals surface area (Å²) >= 11 is 1.01. The summed E-state index contributed by atoms with van der Waals surface area (Å²) in [5.74, 6) is -0.708. The van der Waals surface area contributed by atoms with Gasteiger partial charge < -0.3 is 10.4 Å². The lowest BCUT2D eigenvalue weighted by atomic mass is 9.99. The molecular weight excluding hydrogens is 434 g/mol.